The molecule has 0 unspecified atom stereocenters. The van der Waals surface area contributed by atoms with Crippen molar-refractivity contribution in [1.82, 2.24) is 9.88 Å². The molecule has 0 bridgehead atoms. The molecular weight excluding hydrogens is 324 g/mol. The van der Waals surface area contributed by atoms with Crippen molar-refractivity contribution in [2.45, 2.75) is 58.0 Å². The summed E-state index contributed by atoms with van der Waals surface area (Å²) in [6, 6.07) is 13.9. The van der Waals surface area contributed by atoms with Crippen molar-refractivity contribution in [3.8, 4) is 5.75 Å². The predicted molar refractivity (Wildman–Crippen MR) is 103 cm³/mol. The summed E-state index contributed by atoms with van der Waals surface area (Å²) in [7, 11) is 0. The van der Waals surface area contributed by atoms with Crippen molar-refractivity contribution in [1.29, 1.82) is 0 Å². The van der Waals surface area contributed by atoms with Gasteiger partial charge >= 0.3 is 0 Å². The lowest BCUT2D eigenvalue weighted by Crippen LogP contribution is -2.46. The molecule has 0 fully saturated rings. The molecule has 0 radical (unpaired) electrons. The first-order valence-corrected chi connectivity index (χ1v) is 9.67. The first kappa shape index (κ1) is 18.4. The van der Waals surface area contributed by atoms with Gasteiger partial charge in [-0.3, -0.25) is 9.78 Å². The van der Waals surface area contributed by atoms with Crippen LogP contribution in [0.25, 0.3) is 0 Å². The molecule has 26 heavy (non-hydrogen) atoms. The number of amides is 1. The molecule has 1 atom stereocenters. The number of para-hydroxylation sites is 1. The van der Waals surface area contributed by atoms with Gasteiger partial charge < -0.3 is 9.64 Å². The van der Waals surface area contributed by atoms with E-state index in [-0.39, 0.29) is 24.6 Å². The molecule has 1 heterocycles. The van der Waals surface area contributed by atoms with E-state index in [4.69, 9.17) is 4.74 Å². The molecule has 0 N–H and O–H groups in total. The van der Waals surface area contributed by atoms with Crippen LogP contribution in [0.15, 0.2) is 48.7 Å². The predicted octanol–water partition coefficient (Wildman–Crippen LogP) is 4.56. The molecule has 1 aliphatic rings. The Hall–Kier alpha value is -2.36. The molecule has 3 rings (SSSR count). The van der Waals surface area contributed by atoms with Gasteiger partial charge in [-0.2, -0.15) is 0 Å². The Labute approximate surface area is 156 Å². The molecule has 0 spiro atoms. The van der Waals surface area contributed by atoms with E-state index in [1.54, 1.807) is 0 Å². The van der Waals surface area contributed by atoms with Crippen LogP contribution in [0, 0.1) is 0 Å². The lowest BCUT2D eigenvalue weighted by molar-refractivity contribution is -0.139. The summed E-state index contributed by atoms with van der Waals surface area (Å²) >= 11 is 0. The van der Waals surface area contributed by atoms with E-state index in [0.717, 1.165) is 43.5 Å². The van der Waals surface area contributed by atoms with Crippen LogP contribution in [0.2, 0.25) is 0 Å². The summed E-state index contributed by atoms with van der Waals surface area (Å²) in [5.41, 5.74) is 2.34. The summed E-state index contributed by atoms with van der Waals surface area (Å²) < 4.78 is 5.76. The van der Waals surface area contributed by atoms with Crippen LogP contribution < -0.4 is 4.74 Å². The van der Waals surface area contributed by atoms with Gasteiger partial charge in [-0.05, 0) is 55.9 Å². The fourth-order valence-electron chi connectivity index (χ4n) is 3.91. The lowest BCUT2D eigenvalue weighted by Gasteiger charge is -2.39. The summed E-state index contributed by atoms with van der Waals surface area (Å²) in [6.07, 6.45) is 6.82. The molecule has 1 amide bonds. The van der Waals surface area contributed by atoms with E-state index in [1.165, 1.54) is 5.56 Å². The van der Waals surface area contributed by atoms with Crippen LogP contribution in [0.5, 0.6) is 5.75 Å². The van der Waals surface area contributed by atoms with Crippen LogP contribution >= 0.6 is 0 Å². The molecular formula is C22H28N2O2. The van der Waals surface area contributed by atoms with Crippen LogP contribution in [0.4, 0.5) is 0 Å². The minimum absolute atomic E-state index is 0.0473. The molecule has 138 valence electrons. The number of ether oxygens (including phenoxy) is 1. The maximum Gasteiger partial charge on any atom is 0.261 e. The average Bonchev–Trinajstić information content (AvgIpc) is 2.70. The largest absolute Gasteiger partial charge is 0.484 e. The standard InChI is InChI=1S/C22H28N2O2/c1-3-18(4-2)24(21(25)16-26-19-12-6-5-7-13-19)20-14-8-10-17-11-9-15-23-22(17)20/h5-7,9,11-13,15,18,20H,3-4,8,10,14,16H2,1-2H3/t20-/m1/s1. The van der Waals surface area contributed by atoms with E-state index < -0.39 is 0 Å². The number of fused-ring (bicyclic) bond motifs is 1. The Morgan fingerprint density at radius 1 is 1.19 bits per heavy atom. The molecule has 0 saturated carbocycles. The van der Waals surface area contributed by atoms with Gasteiger partial charge in [0.1, 0.15) is 5.75 Å². The summed E-state index contributed by atoms with van der Waals surface area (Å²) in [4.78, 5) is 19.8. The molecule has 4 nitrogen and oxygen atoms in total. The van der Waals surface area contributed by atoms with E-state index >= 15 is 0 Å². The Bertz CT molecular complexity index is 713. The highest BCUT2D eigenvalue weighted by Gasteiger charge is 2.34. The number of benzene rings is 1. The molecule has 1 aromatic heterocycles. The number of aryl methyl sites for hydroxylation is 1. The van der Waals surface area contributed by atoms with Crippen LogP contribution in [-0.2, 0) is 11.2 Å². The third kappa shape index (κ3) is 4.06. The van der Waals surface area contributed by atoms with E-state index in [2.05, 4.69) is 24.9 Å². The number of carbonyl (C=O) groups is 1. The Balaban J connectivity index is 1.82. The highest BCUT2D eigenvalue weighted by Crippen LogP contribution is 2.35. The number of hydrogen-bond acceptors (Lipinski definition) is 3. The number of rotatable bonds is 7. The quantitative estimate of drug-likeness (QED) is 0.734. The smallest absolute Gasteiger partial charge is 0.261 e. The van der Waals surface area contributed by atoms with Crippen molar-refractivity contribution in [3.05, 3.63) is 59.9 Å². The maximum atomic E-state index is 13.2. The van der Waals surface area contributed by atoms with Crippen molar-refractivity contribution in [2.75, 3.05) is 6.61 Å². The normalized spacial score (nSPS) is 16.2. The SMILES string of the molecule is CCC(CC)N(C(=O)COc1ccccc1)[C@@H]1CCCc2cccnc21. The second kappa shape index (κ2) is 8.84. The van der Waals surface area contributed by atoms with Gasteiger partial charge in [-0.25, -0.2) is 0 Å². The van der Waals surface area contributed by atoms with Crippen molar-refractivity contribution in [2.24, 2.45) is 0 Å². The van der Waals surface area contributed by atoms with Gasteiger partial charge in [-0.1, -0.05) is 38.1 Å². The van der Waals surface area contributed by atoms with E-state index in [9.17, 15) is 4.79 Å². The molecule has 2 aromatic rings. The molecule has 0 aliphatic heterocycles. The monoisotopic (exact) mass is 352 g/mol. The van der Waals surface area contributed by atoms with Gasteiger partial charge in [0.2, 0.25) is 0 Å². The number of pyridine rings is 1. The van der Waals surface area contributed by atoms with Gasteiger partial charge in [0.25, 0.3) is 5.91 Å². The number of aromatic nitrogens is 1. The van der Waals surface area contributed by atoms with E-state index in [1.807, 2.05) is 47.5 Å². The number of nitrogens with zero attached hydrogens (tertiary/aromatic N) is 2. The van der Waals surface area contributed by atoms with Crippen molar-refractivity contribution in [3.63, 3.8) is 0 Å². The topological polar surface area (TPSA) is 42.4 Å². The molecule has 1 aromatic carbocycles. The number of hydrogen-bond donors (Lipinski definition) is 0. The lowest BCUT2D eigenvalue weighted by atomic mass is 9.89. The maximum absolute atomic E-state index is 13.2. The Kier molecular flexibility index (Phi) is 6.26. The summed E-state index contributed by atoms with van der Waals surface area (Å²) in [5, 5.41) is 0. The minimum Gasteiger partial charge on any atom is -0.484 e. The highest BCUT2D eigenvalue weighted by molar-refractivity contribution is 5.78. The van der Waals surface area contributed by atoms with Crippen molar-refractivity contribution < 1.29 is 9.53 Å². The van der Waals surface area contributed by atoms with Gasteiger partial charge in [0, 0.05) is 12.2 Å². The van der Waals surface area contributed by atoms with E-state index in [0.29, 0.717) is 0 Å². The Morgan fingerprint density at radius 3 is 2.69 bits per heavy atom. The zero-order valence-electron chi connectivity index (χ0n) is 15.7. The third-order valence-corrected chi connectivity index (χ3v) is 5.23. The minimum atomic E-state index is 0.0473. The first-order chi connectivity index (χ1) is 12.7. The average molecular weight is 352 g/mol. The second-order valence-corrected chi connectivity index (χ2v) is 6.83. The first-order valence-electron chi connectivity index (χ1n) is 9.67. The van der Waals surface area contributed by atoms with Gasteiger partial charge in [0.05, 0.1) is 11.7 Å². The molecule has 4 heteroatoms. The fraction of sp³-hybridized carbons (Fsp3) is 0.455. The zero-order valence-corrected chi connectivity index (χ0v) is 15.7. The summed E-state index contributed by atoms with van der Waals surface area (Å²) in [5.74, 6) is 0.776. The molecule has 1 aliphatic carbocycles. The van der Waals surface area contributed by atoms with Crippen LogP contribution in [-0.4, -0.2) is 28.4 Å². The van der Waals surface area contributed by atoms with Crippen LogP contribution in [0.1, 0.15) is 56.8 Å². The van der Waals surface area contributed by atoms with Crippen molar-refractivity contribution >= 4 is 5.91 Å². The third-order valence-electron chi connectivity index (χ3n) is 5.23. The van der Waals surface area contributed by atoms with Gasteiger partial charge in [-0.15, -0.1) is 0 Å². The second-order valence-electron chi connectivity index (χ2n) is 6.83. The highest BCUT2D eigenvalue weighted by atomic mass is 16.5. The molecule has 0 saturated heterocycles. The zero-order chi connectivity index (χ0) is 18.4. The number of carbonyl (C=O) groups excluding carboxylic acids is 1. The fourth-order valence-corrected chi connectivity index (χ4v) is 3.91. The Morgan fingerprint density at radius 2 is 1.96 bits per heavy atom. The van der Waals surface area contributed by atoms with Gasteiger partial charge in [0.15, 0.2) is 6.61 Å². The van der Waals surface area contributed by atoms with Crippen LogP contribution in [0.3, 0.4) is 0 Å². The summed E-state index contributed by atoms with van der Waals surface area (Å²) in [6.45, 7) is 4.36.